The zero-order chi connectivity index (χ0) is 25.2. The van der Waals surface area contributed by atoms with Crippen molar-refractivity contribution in [2.45, 2.75) is 12.8 Å². The highest BCUT2D eigenvalue weighted by Crippen LogP contribution is 2.35. The average molecular weight is 500 g/mol. The molecule has 0 unspecified atom stereocenters. The van der Waals surface area contributed by atoms with E-state index in [1.165, 1.54) is 19.2 Å². The average Bonchev–Trinajstić information content (AvgIpc) is 2.77. The first-order chi connectivity index (χ1) is 15.9. The highest BCUT2D eigenvalue weighted by atomic mass is 35.5. The Labute approximate surface area is 194 Å². The molecule has 180 valence electrons. The number of benzene rings is 1. The zero-order valence-corrected chi connectivity index (χ0v) is 18.7. The van der Waals surface area contributed by atoms with Gasteiger partial charge in [-0.15, -0.1) is 0 Å². The summed E-state index contributed by atoms with van der Waals surface area (Å²) in [6, 6.07) is 7.28. The number of aromatic nitrogens is 3. The van der Waals surface area contributed by atoms with Crippen LogP contribution in [0.1, 0.15) is 12.6 Å². The van der Waals surface area contributed by atoms with Crippen LogP contribution in [0.2, 0.25) is 5.02 Å². The van der Waals surface area contributed by atoms with Crippen molar-refractivity contribution in [1.29, 1.82) is 0 Å². The summed E-state index contributed by atoms with van der Waals surface area (Å²) in [5, 5.41) is -0.328. The largest absolute Gasteiger partial charge is 0.478 e. The summed E-state index contributed by atoms with van der Waals surface area (Å²) in [6.07, 6.45) is 0. The molecule has 34 heavy (non-hydrogen) atoms. The summed E-state index contributed by atoms with van der Waals surface area (Å²) >= 11 is 6.02. The second-order valence-corrected chi connectivity index (χ2v) is 7.33. The van der Waals surface area contributed by atoms with Crippen molar-refractivity contribution in [1.82, 2.24) is 14.1 Å². The minimum absolute atomic E-state index is 0.0135. The van der Waals surface area contributed by atoms with Gasteiger partial charge >= 0.3 is 11.7 Å². The molecule has 1 aromatic carbocycles. The van der Waals surface area contributed by atoms with Crippen molar-refractivity contribution in [3.05, 3.63) is 73.8 Å². The number of carbonyl (C=O) groups is 1. The van der Waals surface area contributed by atoms with E-state index in [1.807, 2.05) is 0 Å². The van der Waals surface area contributed by atoms with E-state index in [0.717, 1.165) is 13.1 Å². The van der Waals surface area contributed by atoms with Gasteiger partial charge < -0.3 is 14.2 Å². The molecule has 0 N–H and O–H groups in total. The van der Waals surface area contributed by atoms with E-state index >= 15 is 0 Å². The van der Waals surface area contributed by atoms with Gasteiger partial charge in [-0.3, -0.25) is 9.36 Å². The van der Waals surface area contributed by atoms with Crippen molar-refractivity contribution in [2.24, 2.45) is 7.05 Å². The number of pyridine rings is 1. The lowest BCUT2D eigenvalue weighted by molar-refractivity contribution is -0.142. The predicted molar refractivity (Wildman–Crippen MR) is 114 cm³/mol. The van der Waals surface area contributed by atoms with E-state index < -0.39 is 53.0 Å². The van der Waals surface area contributed by atoms with Gasteiger partial charge in [0.25, 0.3) is 11.5 Å². The Morgan fingerprint density at radius 2 is 1.82 bits per heavy atom. The van der Waals surface area contributed by atoms with Gasteiger partial charge in [0.05, 0.1) is 12.8 Å². The van der Waals surface area contributed by atoms with Crippen LogP contribution in [0.25, 0.3) is 5.82 Å². The monoisotopic (exact) mass is 499 g/mol. The molecule has 0 radical (unpaired) electrons. The number of ether oxygens (including phenoxy) is 3. The SMILES string of the molecule is COC(=O)COc1ccccc1Oc1nc(-n2c(=O)cc(C(C)(F)F)n(C)c2=O)c(F)cc1Cl. The Balaban J connectivity index is 2.08. The number of alkyl halides is 2. The molecule has 9 nitrogen and oxygen atoms in total. The standard InChI is InChI=1S/C21H17ClF3N3O6/c1-21(24,25)15-9-16(29)28(20(31)27(15)2)18-12(23)8-11(22)19(26-18)34-14-7-5-4-6-13(14)33-10-17(30)32-3/h4-9H,10H2,1-3H3. The van der Waals surface area contributed by atoms with Crippen LogP contribution in [0.3, 0.4) is 0 Å². The fraction of sp³-hybridized carbons (Fsp3) is 0.238. The summed E-state index contributed by atoms with van der Waals surface area (Å²) in [7, 11) is 2.18. The van der Waals surface area contributed by atoms with Crippen LogP contribution < -0.4 is 20.7 Å². The maximum atomic E-state index is 14.7. The van der Waals surface area contributed by atoms with Crippen LogP contribution in [-0.2, 0) is 22.5 Å². The molecule has 3 aromatic rings. The Kier molecular flexibility index (Phi) is 7.01. The highest BCUT2D eigenvalue weighted by molar-refractivity contribution is 6.31. The first-order valence-electron chi connectivity index (χ1n) is 9.48. The van der Waals surface area contributed by atoms with Crippen LogP contribution >= 0.6 is 11.6 Å². The second-order valence-electron chi connectivity index (χ2n) is 6.93. The topological polar surface area (TPSA) is 102 Å². The molecule has 0 fully saturated rings. The summed E-state index contributed by atoms with van der Waals surface area (Å²) in [5.41, 5.74) is -3.35. The molecule has 0 spiro atoms. The summed E-state index contributed by atoms with van der Waals surface area (Å²) in [6.45, 7) is 0.0743. The van der Waals surface area contributed by atoms with Gasteiger partial charge in [-0.05, 0) is 12.1 Å². The first-order valence-corrected chi connectivity index (χ1v) is 9.86. The molecule has 0 saturated carbocycles. The number of nitrogens with zero attached hydrogens (tertiary/aromatic N) is 3. The minimum atomic E-state index is -3.50. The van der Waals surface area contributed by atoms with E-state index in [1.54, 1.807) is 12.1 Å². The molecule has 0 amide bonds. The lowest BCUT2D eigenvalue weighted by Crippen LogP contribution is -2.41. The van der Waals surface area contributed by atoms with Gasteiger partial charge in [0.15, 0.2) is 29.7 Å². The molecule has 0 aliphatic heterocycles. The van der Waals surface area contributed by atoms with Gasteiger partial charge in [0.1, 0.15) is 5.02 Å². The van der Waals surface area contributed by atoms with Gasteiger partial charge in [-0.2, -0.15) is 4.98 Å². The fourth-order valence-corrected chi connectivity index (χ4v) is 3.04. The number of hydrogen-bond acceptors (Lipinski definition) is 7. The molecular formula is C21H17ClF3N3O6. The van der Waals surface area contributed by atoms with E-state index in [2.05, 4.69) is 9.72 Å². The molecule has 0 saturated heterocycles. The zero-order valence-electron chi connectivity index (χ0n) is 18.0. The van der Waals surface area contributed by atoms with Crippen LogP contribution in [0.4, 0.5) is 13.2 Å². The van der Waals surface area contributed by atoms with Crippen LogP contribution in [0, 0.1) is 5.82 Å². The molecule has 0 aliphatic rings. The minimum Gasteiger partial charge on any atom is -0.478 e. The molecule has 0 bridgehead atoms. The third-order valence-electron chi connectivity index (χ3n) is 4.49. The van der Waals surface area contributed by atoms with E-state index in [9.17, 15) is 27.6 Å². The molecule has 3 rings (SSSR count). The summed E-state index contributed by atoms with van der Waals surface area (Å²) in [4.78, 5) is 40.3. The number of rotatable bonds is 7. The van der Waals surface area contributed by atoms with Crippen LogP contribution in [0.15, 0.2) is 46.0 Å². The number of methoxy groups -OCH3 is 1. The Morgan fingerprint density at radius 3 is 2.44 bits per heavy atom. The number of hydrogen-bond donors (Lipinski definition) is 0. The Bertz CT molecular complexity index is 1370. The second kappa shape index (κ2) is 9.59. The third-order valence-corrected chi connectivity index (χ3v) is 4.76. The first kappa shape index (κ1) is 24.8. The summed E-state index contributed by atoms with van der Waals surface area (Å²) < 4.78 is 58.3. The van der Waals surface area contributed by atoms with Crippen molar-refractivity contribution in [2.75, 3.05) is 13.7 Å². The van der Waals surface area contributed by atoms with Crippen LogP contribution in [0.5, 0.6) is 17.4 Å². The van der Waals surface area contributed by atoms with E-state index in [0.29, 0.717) is 17.6 Å². The number of esters is 1. The van der Waals surface area contributed by atoms with Gasteiger partial charge in [0.2, 0.25) is 5.88 Å². The van der Waals surface area contributed by atoms with Crippen molar-refractivity contribution in [3.8, 4) is 23.2 Å². The fourth-order valence-electron chi connectivity index (χ4n) is 2.86. The number of carbonyl (C=O) groups excluding carboxylic acids is 1. The highest BCUT2D eigenvalue weighted by Gasteiger charge is 2.30. The predicted octanol–water partition coefficient (Wildman–Crippen LogP) is 3.18. The van der Waals surface area contributed by atoms with Crippen molar-refractivity contribution in [3.63, 3.8) is 0 Å². The normalized spacial score (nSPS) is 11.3. The smallest absolute Gasteiger partial charge is 0.343 e. The maximum Gasteiger partial charge on any atom is 0.343 e. The lowest BCUT2D eigenvalue weighted by atomic mass is 10.2. The molecule has 13 heteroatoms. The molecule has 0 atom stereocenters. The van der Waals surface area contributed by atoms with Gasteiger partial charge in [-0.25, -0.2) is 27.3 Å². The third kappa shape index (κ3) is 5.06. The Morgan fingerprint density at radius 1 is 1.18 bits per heavy atom. The summed E-state index contributed by atoms with van der Waals surface area (Å²) in [5.74, 6) is -6.48. The molecule has 2 aromatic heterocycles. The molecule has 2 heterocycles. The van der Waals surface area contributed by atoms with E-state index in [-0.39, 0.29) is 21.1 Å². The maximum absolute atomic E-state index is 14.7. The number of halogens is 4. The van der Waals surface area contributed by atoms with E-state index in [4.69, 9.17) is 21.1 Å². The van der Waals surface area contributed by atoms with Crippen molar-refractivity contribution < 1.29 is 32.2 Å². The molecular weight excluding hydrogens is 483 g/mol. The van der Waals surface area contributed by atoms with Gasteiger partial charge in [-0.1, -0.05) is 23.7 Å². The quantitative estimate of drug-likeness (QED) is 0.460. The lowest BCUT2D eigenvalue weighted by Gasteiger charge is -2.17. The number of para-hydroxylation sites is 2. The van der Waals surface area contributed by atoms with Crippen LogP contribution in [-0.4, -0.2) is 33.8 Å². The van der Waals surface area contributed by atoms with Crippen molar-refractivity contribution >= 4 is 17.6 Å². The van der Waals surface area contributed by atoms with Gasteiger partial charge in [0, 0.05) is 26.1 Å². The molecule has 0 aliphatic carbocycles. The Hall–Kier alpha value is -3.80.